The number of hydrogen-bond acceptors (Lipinski definition) is 7. The first kappa shape index (κ1) is 20.8. The molecule has 3 aromatic heterocycles. The lowest BCUT2D eigenvalue weighted by atomic mass is 9.89. The normalized spacial score (nSPS) is 15.5. The minimum Gasteiger partial charge on any atom is -0.316 e. The molecule has 0 saturated carbocycles. The molecule has 1 aliphatic carbocycles. The highest BCUT2D eigenvalue weighted by atomic mass is 32.2. The molecular formula is C21H20N4O2S3. The van der Waals surface area contributed by atoms with Crippen molar-refractivity contribution in [1.29, 1.82) is 5.26 Å². The Kier molecular flexibility index (Phi) is 6.09. The van der Waals surface area contributed by atoms with Crippen molar-refractivity contribution in [2.45, 2.75) is 37.9 Å². The molecule has 9 heteroatoms. The highest BCUT2D eigenvalue weighted by Crippen LogP contribution is 2.36. The zero-order valence-corrected chi connectivity index (χ0v) is 18.9. The molecule has 0 aromatic carbocycles. The van der Waals surface area contributed by atoms with Gasteiger partial charge in [0.25, 0.3) is 5.56 Å². The van der Waals surface area contributed by atoms with E-state index in [0.29, 0.717) is 28.2 Å². The number of carbonyl (C=O) groups is 1. The zero-order valence-electron chi connectivity index (χ0n) is 16.4. The maximum Gasteiger partial charge on any atom is 0.263 e. The first-order valence-corrected chi connectivity index (χ1v) is 12.3. The Labute approximate surface area is 186 Å². The van der Waals surface area contributed by atoms with Crippen molar-refractivity contribution in [3.63, 3.8) is 0 Å². The molecule has 1 N–H and O–H groups in total. The minimum absolute atomic E-state index is 0.0557. The van der Waals surface area contributed by atoms with E-state index >= 15 is 0 Å². The number of thioether (sulfide) groups is 1. The van der Waals surface area contributed by atoms with Crippen molar-refractivity contribution in [2.75, 3.05) is 11.1 Å². The maximum atomic E-state index is 13.3. The smallest absolute Gasteiger partial charge is 0.263 e. The third-order valence-electron chi connectivity index (χ3n) is 5.06. The fourth-order valence-corrected chi connectivity index (χ4v) is 6.58. The van der Waals surface area contributed by atoms with Crippen LogP contribution in [0.4, 0.5) is 5.00 Å². The summed E-state index contributed by atoms with van der Waals surface area (Å²) in [6.07, 6.45) is 4.66. The summed E-state index contributed by atoms with van der Waals surface area (Å²) in [7, 11) is 0. The van der Waals surface area contributed by atoms with E-state index in [9.17, 15) is 9.59 Å². The molecular weight excluding hydrogens is 436 g/mol. The summed E-state index contributed by atoms with van der Waals surface area (Å²) in [4.78, 5) is 32.4. The van der Waals surface area contributed by atoms with Gasteiger partial charge in [-0.3, -0.25) is 14.2 Å². The Balaban J connectivity index is 1.62. The zero-order chi connectivity index (χ0) is 21.3. The van der Waals surface area contributed by atoms with Gasteiger partial charge in [-0.05, 0) is 42.2 Å². The van der Waals surface area contributed by atoms with Gasteiger partial charge >= 0.3 is 0 Å². The van der Waals surface area contributed by atoms with Crippen molar-refractivity contribution in [3.05, 3.63) is 50.5 Å². The van der Waals surface area contributed by atoms with Gasteiger partial charge < -0.3 is 5.32 Å². The molecule has 154 valence electrons. The van der Waals surface area contributed by atoms with E-state index in [1.54, 1.807) is 33.4 Å². The number of thiophene rings is 2. The number of nitriles is 1. The van der Waals surface area contributed by atoms with Crippen LogP contribution in [0.3, 0.4) is 0 Å². The van der Waals surface area contributed by atoms with Crippen LogP contribution in [0.15, 0.2) is 34.1 Å². The monoisotopic (exact) mass is 456 g/mol. The van der Waals surface area contributed by atoms with Gasteiger partial charge in [0, 0.05) is 11.4 Å². The molecule has 6 nitrogen and oxygen atoms in total. The molecule has 0 fully saturated rings. The molecule has 1 amide bonds. The lowest BCUT2D eigenvalue weighted by molar-refractivity contribution is -0.113. The predicted molar refractivity (Wildman–Crippen MR) is 124 cm³/mol. The number of hydrogen-bond donors (Lipinski definition) is 1. The fourth-order valence-electron chi connectivity index (χ4n) is 3.59. The fraction of sp³-hybridized carbons (Fsp3) is 0.333. The van der Waals surface area contributed by atoms with E-state index in [2.05, 4.69) is 24.9 Å². The first-order chi connectivity index (χ1) is 14.5. The largest absolute Gasteiger partial charge is 0.316 e. The number of nitrogens with one attached hydrogen (secondary N) is 1. The van der Waals surface area contributed by atoms with Crippen LogP contribution in [0.5, 0.6) is 0 Å². The molecule has 0 aliphatic heterocycles. The highest BCUT2D eigenvalue weighted by molar-refractivity contribution is 7.99. The molecule has 0 saturated heterocycles. The van der Waals surface area contributed by atoms with Crippen LogP contribution >= 0.6 is 34.4 Å². The molecule has 0 bridgehead atoms. The van der Waals surface area contributed by atoms with Gasteiger partial charge in [-0.15, -0.1) is 29.3 Å². The number of nitrogens with zero attached hydrogens (tertiary/aromatic N) is 3. The summed E-state index contributed by atoms with van der Waals surface area (Å²) >= 11 is 4.14. The average Bonchev–Trinajstić information content (AvgIpc) is 3.31. The number of carbonyl (C=O) groups excluding carboxylic acids is 1. The van der Waals surface area contributed by atoms with E-state index in [1.807, 2.05) is 0 Å². The van der Waals surface area contributed by atoms with Crippen molar-refractivity contribution in [2.24, 2.45) is 5.92 Å². The molecule has 1 unspecified atom stereocenters. The second-order valence-electron chi connectivity index (χ2n) is 7.24. The summed E-state index contributed by atoms with van der Waals surface area (Å²) in [5.74, 6) is 0.479. The van der Waals surface area contributed by atoms with Crippen molar-refractivity contribution in [1.82, 2.24) is 9.55 Å². The summed E-state index contributed by atoms with van der Waals surface area (Å²) < 4.78 is 1.60. The summed E-state index contributed by atoms with van der Waals surface area (Å²) in [5, 5.41) is 15.4. The third kappa shape index (κ3) is 3.95. The van der Waals surface area contributed by atoms with Gasteiger partial charge in [-0.1, -0.05) is 24.8 Å². The summed E-state index contributed by atoms with van der Waals surface area (Å²) in [5.41, 5.74) is 1.54. The van der Waals surface area contributed by atoms with Crippen LogP contribution in [0, 0.1) is 17.2 Å². The van der Waals surface area contributed by atoms with Gasteiger partial charge in [0.2, 0.25) is 5.91 Å². The lowest BCUT2D eigenvalue weighted by Crippen LogP contribution is -2.24. The van der Waals surface area contributed by atoms with E-state index < -0.39 is 0 Å². The van der Waals surface area contributed by atoms with Crippen molar-refractivity contribution in [3.8, 4) is 6.07 Å². The molecule has 30 heavy (non-hydrogen) atoms. The van der Waals surface area contributed by atoms with Crippen LogP contribution < -0.4 is 10.9 Å². The SMILES string of the molecule is C=CCn1c(SCC(=O)Nc2sccc2C#N)nc2sc3c(c2c1=O)CCC(C)C3. The van der Waals surface area contributed by atoms with Crippen LogP contribution in [-0.4, -0.2) is 21.2 Å². The number of fused-ring (bicyclic) bond motifs is 3. The van der Waals surface area contributed by atoms with Crippen molar-refractivity contribution >= 4 is 55.6 Å². The second-order valence-corrected chi connectivity index (χ2v) is 10.2. The Bertz CT molecular complexity index is 1230. The Morgan fingerprint density at radius 2 is 2.40 bits per heavy atom. The molecule has 0 spiro atoms. The number of aromatic nitrogens is 2. The van der Waals surface area contributed by atoms with Gasteiger partial charge in [0.1, 0.15) is 15.9 Å². The van der Waals surface area contributed by atoms with Crippen molar-refractivity contribution < 1.29 is 4.79 Å². The number of allylic oxidation sites excluding steroid dienone is 1. The number of rotatable bonds is 6. The van der Waals surface area contributed by atoms with Gasteiger partial charge in [0.05, 0.1) is 16.7 Å². The Morgan fingerprint density at radius 1 is 1.57 bits per heavy atom. The number of aryl methyl sites for hydroxylation is 1. The lowest BCUT2D eigenvalue weighted by Gasteiger charge is -2.17. The Morgan fingerprint density at radius 3 is 3.17 bits per heavy atom. The molecule has 3 aromatic rings. The Hall–Kier alpha value is -2.41. The molecule has 1 aliphatic rings. The van der Waals surface area contributed by atoms with E-state index in [4.69, 9.17) is 10.2 Å². The average molecular weight is 457 g/mol. The number of amides is 1. The quantitative estimate of drug-likeness (QED) is 0.337. The van der Waals surface area contributed by atoms with Gasteiger partial charge in [-0.25, -0.2) is 4.98 Å². The maximum absolute atomic E-state index is 13.3. The van der Waals surface area contributed by atoms with E-state index in [0.717, 1.165) is 35.0 Å². The molecule has 3 heterocycles. The van der Waals surface area contributed by atoms with E-state index in [1.165, 1.54) is 28.0 Å². The molecule has 4 rings (SSSR count). The minimum atomic E-state index is -0.238. The topological polar surface area (TPSA) is 87.8 Å². The summed E-state index contributed by atoms with van der Waals surface area (Å²) in [6.45, 7) is 6.35. The van der Waals surface area contributed by atoms with Gasteiger partial charge in [0.15, 0.2) is 5.16 Å². The van der Waals surface area contributed by atoms with E-state index in [-0.39, 0.29) is 17.2 Å². The first-order valence-electron chi connectivity index (χ1n) is 9.58. The highest BCUT2D eigenvalue weighted by Gasteiger charge is 2.24. The van der Waals surface area contributed by atoms with Crippen LogP contribution in [0.25, 0.3) is 10.2 Å². The van der Waals surface area contributed by atoms with Gasteiger partial charge in [-0.2, -0.15) is 5.26 Å². The standard InChI is InChI=1S/C21H20N4O2S3/c1-3-7-25-20(27)17-14-5-4-12(2)9-15(14)30-19(17)24-21(25)29-11-16(26)23-18-13(10-22)6-8-28-18/h3,6,8,12H,1,4-5,7,9,11H2,2H3,(H,23,26). The van der Waals surface area contributed by atoms with Crippen LogP contribution in [-0.2, 0) is 24.2 Å². The summed E-state index contributed by atoms with van der Waals surface area (Å²) in [6, 6.07) is 3.73. The number of anilines is 1. The molecule has 0 radical (unpaired) electrons. The third-order valence-corrected chi connectivity index (χ3v) is 8.02. The molecule has 1 atom stereocenters. The predicted octanol–water partition coefficient (Wildman–Crippen LogP) is 4.43. The van der Waals surface area contributed by atoms with Crippen LogP contribution in [0.1, 0.15) is 29.3 Å². The van der Waals surface area contributed by atoms with Crippen LogP contribution in [0.2, 0.25) is 0 Å². The second kappa shape index (κ2) is 8.76.